The van der Waals surface area contributed by atoms with E-state index in [2.05, 4.69) is 10.3 Å². The van der Waals surface area contributed by atoms with E-state index in [0.29, 0.717) is 17.0 Å². The first-order valence-electron chi connectivity index (χ1n) is 9.22. The van der Waals surface area contributed by atoms with Crippen LogP contribution in [-0.4, -0.2) is 20.2 Å². The fourth-order valence-electron chi connectivity index (χ4n) is 3.16. The van der Waals surface area contributed by atoms with Crippen LogP contribution in [-0.2, 0) is 6.61 Å². The lowest BCUT2D eigenvalue weighted by atomic mass is 10.1. The smallest absolute Gasteiger partial charge is 0.285 e. The van der Waals surface area contributed by atoms with Gasteiger partial charge in [0.15, 0.2) is 0 Å². The van der Waals surface area contributed by atoms with E-state index in [1.807, 2.05) is 35.0 Å². The number of ether oxygens (including phenoxy) is 1. The zero-order chi connectivity index (χ0) is 21.1. The van der Waals surface area contributed by atoms with Gasteiger partial charge in [-0.2, -0.15) is 0 Å². The molecule has 2 aromatic carbocycles. The number of nitro benzene ring substituents is 1. The van der Waals surface area contributed by atoms with Crippen LogP contribution >= 0.6 is 0 Å². The molecule has 0 spiro atoms. The molecular weight excluding hydrogens is 384 g/mol. The van der Waals surface area contributed by atoms with Crippen molar-refractivity contribution < 1.29 is 14.5 Å². The molecule has 0 saturated heterocycles. The van der Waals surface area contributed by atoms with Crippen molar-refractivity contribution in [3.8, 4) is 5.75 Å². The molecule has 2 aromatic heterocycles. The lowest BCUT2D eigenvalue weighted by Crippen LogP contribution is -2.14. The van der Waals surface area contributed by atoms with Gasteiger partial charge >= 0.3 is 0 Å². The van der Waals surface area contributed by atoms with Gasteiger partial charge in [0, 0.05) is 29.7 Å². The largest absolute Gasteiger partial charge is 0.487 e. The molecule has 1 amide bonds. The predicted molar refractivity (Wildman–Crippen MR) is 112 cm³/mol. The van der Waals surface area contributed by atoms with Crippen molar-refractivity contribution >= 4 is 22.9 Å². The summed E-state index contributed by atoms with van der Waals surface area (Å²) in [5, 5.41) is 14.0. The van der Waals surface area contributed by atoms with Crippen molar-refractivity contribution in [2.75, 3.05) is 5.32 Å². The number of amides is 1. The molecule has 150 valence electrons. The van der Waals surface area contributed by atoms with Gasteiger partial charge < -0.3 is 14.5 Å². The number of benzene rings is 2. The number of rotatable bonds is 6. The van der Waals surface area contributed by atoms with Crippen LogP contribution in [0.3, 0.4) is 0 Å². The van der Waals surface area contributed by atoms with Crippen molar-refractivity contribution in [2.45, 2.75) is 13.5 Å². The second-order valence-electron chi connectivity index (χ2n) is 6.70. The number of aryl methyl sites for hydroxylation is 1. The normalized spacial score (nSPS) is 10.7. The molecule has 8 heteroatoms. The third-order valence-electron chi connectivity index (χ3n) is 4.56. The summed E-state index contributed by atoms with van der Waals surface area (Å²) in [5.74, 6) is -0.00787. The fourth-order valence-corrected chi connectivity index (χ4v) is 3.16. The number of pyridine rings is 1. The molecule has 0 aliphatic rings. The monoisotopic (exact) mass is 402 g/mol. The summed E-state index contributed by atoms with van der Waals surface area (Å²) >= 11 is 0. The van der Waals surface area contributed by atoms with E-state index in [-0.39, 0.29) is 17.9 Å². The summed E-state index contributed by atoms with van der Waals surface area (Å²) in [6, 6.07) is 17.2. The molecule has 0 aliphatic carbocycles. The topological polar surface area (TPSA) is 98.8 Å². The Balaban J connectivity index is 1.48. The zero-order valence-corrected chi connectivity index (χ0v) is 16.1. The molecule has 8 nitrogen and oxygen atoms in total. The number of aromatic nitrogens is 2. The molecule has 4 aromatic rings. The van der Waals surface area contributed by atoms with Gasteiger partial charge in [-0.15, -0.1) is 0 Å². The number of imidazole rings is 1. The summed E-state index contributed by atoms with van der Waals surface area (Å²) in [4.78, 5) is 27.9. The van der Waals surface area contributed by atoms with Crippen molar-refractivity contribution in [2.24, 2.45) is 0 Å². The Labute approximate surface area is 171 Å². The standard InChI is InChI=1S/C22H18N4O4/c1-15-6-4-9-19(21(15)26(28)29)22(27)24-16-7-5-8-18(12-16)30-14-17-13-25-11-3-2-10-20(25)23-17/h2-13H,14H2,1H3,(H,24,27). The molecule has 0 bridgehead atoms. The Morgan fingerprint density at radius 3 is 2.80 bits per heavy atom. The fraction of sp³-hybridized carbons (Fsp3) is 0.0909. The van der Waals surface area contributed by atoms with Gasteiger partial charge in [-0.05, 0) is 37.3 Å². The Hall–Kier alpha value is -4.20. The number of nitrogens with one attached hydrogen (secondary N) is 1. The molecule has 4 rings (SSSR count). The van der Waals surface area contributed by atoms with Crippen LogP contribution in [0.5, 0.6) is 5.75 Å². The number of nitro groups is 1. The first-order valence-corrected chi connectivity index (χ1v) is 9.22. The van der Waals surface area contributed by atoms with Gasteiger partial charge in [0.05, 0.1) is 10.6 Å². The Bertz CT molecular complexity index is 1220. The summed E-state index contributed by atoms with van der Waals surface area (Å²) in [6.07, 6.45) is 3.80. The van der Waals surface area contributed by atoms with Gasteiger partial charge in [0.2, 0.25) is 0 Å². The SMILES string of the molecule is Cc1cccc(C(=O)Nc2cccc(OCc3cn4ccccc4n3)c2)c1[N+](=O)[O-]. The van der Waals surface area contributed by atoms with Gasteiger partial charge in [-0.25, -0.2) is 4.98 Å². The lowest BCUT2D eigenvalue weighted by Gasteiger charge is -2.09. The van der Waals surface area contributed by atoms with Crippen LogP contribution < -0.4 is 10.1 Å². The first-order chi connectivity index (χ1) is 14.5. The Morgan fingerprint density at radius 1 is 1.17 bits per heavy atom. The van der Waals surface area contributed by atoms with Crippen LogP contribution in [0, 0.1) is 17.0 Å². The highest BCUT2D eigenvalue weighted by molar-refractivity contribution is 6.07. The average Bonchev–Trinajstić information content (AvgIpc) is 3.15. The molecule has 0 saturated carbocycles. The number of anilines is 1. The van der Waals surface area contributed by atoms with E-state index < -0.39 is 10.8 Å². The number of hydrogen-bond acceptors (Lipinski definition) is 5. The van der Waals surface area contributed by atoms with E-state index in [4.69, 9.17) is 4.74 Å². The number of carbonyl (C=O) groups is 1. The predicted octanol–water partition coefficient (Wildman–Crippen LogP) is 4.38. The van der Waals surface area contributed by atoms with Gasteiger partial charge in [-0.3, -0.25) is 14.9 Å². The third-order valence-corrected chi connectivity index (χ3v) is 4.56. The molecule has 30 heavy (non-hydrogen) atoms. The van der Waals surface area contributed by atoms with E-state index in [9.17, 15) is 14.9 Å². The van der Waals surface area contributed by atoms with E-state index in [0.717, 1.165) is 11.3 Å². The van der Waals surface area contributed by atoms with Crippen LogP contribution in [0.25, 0.3) is 5.65 Å². The average molecular weight is 402 g/mol. The molecule has 0 fully saturated rings. The van der Waals surface area contributed by atoms with Crippen molar-refractivity contribution in [3.05, 3.63) is 100.0 Å². The van der Waals surface area contributed by atoms with Crippen molar-refractivity contribution in [1.82, 2.24) is 9.38 Å². The molecule has 0 unspecified atom stereocenters. The second-order valence-corrected chi connectivity index (χ2v) is 6.70. The highest BCUT2D eigenvalue weighted by Gasteiger charge is 2.22. The summed E-state index contributed by atoms with van der Waals surface area (Å²) in [6.45, 7) is 1.87. The number of hydrogen-bond donors (Lipinski definition) is 1. The van der Waals surface area contributed by atoms with Crippen molar-refractivity contribution in [1.29, 1.82) is 0 Å². The van der Waals surface area contributed by atoms with Crippen molar-refractivity contribution in [3.63, 3.8) is 0 Å². The van der Waals surface area contributed by atoms with Crippen LogP contribution in [0.1, 0.15) is 21.6 Å². The number of para-hydroxylation sites is 1. The maximum atomic E-state index is 12.6. The first kappa shape index (κ1) is 19.1. The number of carbonyl (C=O) groups excluding carboxylic acids is 1. The minimum Gasteiger partial charge on any atom is -0.487 e. The highest BCUT2D eigenvalue weighted by Crippen LogP contribution is 2.25. The molecule has 0 radical (unpaired) electrons. The van der Waals surface area contributed by atoms with Gasteiger partial charge in [0.1, 0.15) is 23.6 Å². The second kappa shape index (κ2) is 8.04. The van der Waals surface area contributed by atoms with E-state index >= 15 is 0 Å². The van der Waals surface area contributed by atoms with Crippen LogP contribution in [0.4, 0.5) is 11.4 Å². The highest BCUT2D eigenvalue weighted by atomic mass is 16.6. The van der Waals surface area contributed by atoms with Gasteiger partial charge in [-0.1, -0.05) is 24.3 Å². The minimum absolute atomic E-state index is 0.0102. The molecule has 2 heterocycles. The minimum atomic E-state index is -0.553. The van der Waals surface area contributed by atoms with Gasteiger partial charge in [0.25, 0.3) is 11.6 Å². The maximum absolute atomic E-state index is 12.6. The lowest BCUT2D eigenvalue weighted by molar-refractivity contribution is -0.385. The molecule has 1 N–H and O–H groups in total. The quantitative estimate of drug-likeness (QED) is 0.381. The van der Waals surface area contributed by atoms with E-state index in [1.54, 1.807) is 43.3 Å². The Morgan fingerprint density at radius 2 is 2.00 bits per heavy atom. The third kappa shape index (κ3) is 3.97. The maximum Gasteiger partial charge on any atom is 0.285 e. The zero-order valence-electron chi connectivity index (χ0n) is 16.1. The molecular formula is C22H18N4O4. The number of nitrogens with zero attached hydrogens (tertiary/aromatic N) is 3. The Kier molecular flexibility index (Phi) is 5.13. The summed E-state index contributed by atoms with van der Waals surface area (Å²) in [5.41, 5.74) is 2.31. The summed E-state index contributed by atoms with van der Waals surface area (Å²) < 4.78 is 7.70. The van der Waals surface area contributed by atoms with Crippen LogP contribution in [0.2, 0.25) is 0 Å². The van der Waals surface area contributed by atoms with Crippen LogP contribution in [0.15, 0.2) is 73.1 Å². The summed E-state index contributed by atoms with van der Waals surface area (Å²) in [7, 11) is 0. The molecule has 0 aliphatic heterocycles. The van der Waals surface area contributed by atoms with E-state index in [1.165, 1.54) is 6.07 Å². The molecule has 0 atom stereocenters. The number of fused-ring (bicyclic) bond motifs is 1.